The van der Waals surface area contributed by atoms with E-state index in [4.69, 9.17) is 5.73 Å². The summed E-state index contributed by atoms with van der Waals surface area (Å²) in [5.74, 6) is 0. The molecule has 12 heavy (non-hydrogen) atoms. The van der Waals surface area contributed by atoms with Crippen LogP contribution in [-0.2, 0) is 6.54 Å². The van der Waals surface area contributed by atoms with Gasteiger partial charge in [0.2, 0.25) is 0 Å². The van der Waals surface area contributed by atoms with Crippen molar-refractivity contribution in [2.45, 2.75) is 6.54 Å². The van der Waals surface area contributed by atoms with Crippen LogP contribution in [0.5, 0.6) is 0 Å². The molecule has 0 saturated carbocycles. The summed E-state index contributed by atoms with van der Waals surface area (Å²) in [4.78, 5) is 0. The standard InChI is InChI=1S/C11H13N/c1-3-9(2)11-6-4-10(8-12)5-7-11/h3-7H,1-2,8,12H2. The zero-order valence-electron chi connectivity index (χ0n) is 7.09. The van der Waals surface area contributed by atoms with Crippen LogP contribution in [0.1, 0.15) is 11.1 Å². The van der Waals surface area contributed by atoms with Crippen LogP contribution in [0.3, 0.4) is 0 Å². The first kappa shape index (κ1) is 8.75. The first-order chi connectivity index (χ1) is 5.77. The third-order valence-electron chi connectivity index (χ3n) is 1.81. The van der Waals surface area contributed by atoms with E-state index in [0.29, 0.717) is 6.54 Å². The van der Waals surface area contributed by atoms with Gasteiger partial charge in [0.05, 0.1) is 0 Å². The zero-order chi connectivity index (χ0) is 8.97. The van der Waals surface area contributed by atoms with Crippen LogP contribution in [-0.4, -0.2) is 0 Å². The molecule has 1 rings (SSSR count). The van der Waals surface area contributed by atoms with Gasteiger partial charge in [-0.3, -0.25) is 0 Å². The Labute approximate surface area is 73.2 Å². The van der Waals surface area contributed by atoms with Gasteiger partial charge in [-0.25, -0.2) is 0 Å². The topological polar surface area (TPSA) is 26.0 Å². The third kappa shape index (κ3) is 1.83. The molecule has 0 aliphatic heterocycles. The van der Waals surface area contributed by atoms with Gasteiger partial charge in [0.25, 0.3) is 0 Å². The molecule has 0 radical (unpaired) electrons. The van der Waals surface area contributed by atoms with Crippen molar-refractivity contribution < 1.29 is 0 Å². The number of nitrogens with two attached hydrogens (primary N) is 1. The van der Waals surface area contributed by atoms with E-state index in [0.717, 1.165) is 16.7 Å². The van der Waals surface area contributed by atoms with E-state index >= 15 is 0 Å². The summed E-state index contributed by atoms with van der Waals surface area (Å²) in [6, 6.07) is 8.02. The number of hydrogen-bond donors (Lipinski definition) is 1. The highest BCUT2D eigenvalue weighted by molar-refractivity contribution is 5.71. The quantitative estimate of drug-likeness (QED) is 0.673. The predicted octanol–water partition coefficient (Wildman–Crippen LogP) is 2.34. The minimum absolute atomic E-state index is 0.584. The average molecular weight is 159 g/mol. The molecular formula is C11H13N. The van der Waals surface area contributed by atoms with Crippen LogP contribution in [0.25, 0.3) is 5.57 Å². The molecule has 0 spiro atoms. The van der Waals surface area contributed by atoms with Crippen molar-refractivity contribution in [3.05, 3.63) is 54.6 Å². The second-order valence-electron chi connectivity index (χ2n) is 2.63. The van der Waals surface area contributed by atoms with Crippen LogP contribution in [0, 0.1) is 0 Å². The molecule has 0 unspecified atom stereocenters. The molecule has 1 aromatic carbocycles. The molecular weight excluding hydrogens is 146 g/mol. The molecule has 2 N–H and O–H groups in total. The highest BCUT2D eigenvalue weighted by Gasteiger charge is 1.93. The fourth-order valence-electron chi connectivity index (χ4n) is 0.973. The Morgan fingerprint density at radius 1 is 1.33 bits per heavy atom. The Morgan fingerprint density at radius 3 is 2.33 bits per heavy atom. The molecule has 1 heteroatoms. The van der Waals surface area contributed by atoms with Gasteiger partial charge in [0.15, 0.2) is 0 Å². The molecule has 1 nitrogen and oxygen atoms in total. The fraction of sp³-hybridized carbons (Fsp3) is 0.0909. The number of rotatable bonds is 3. The Kier molecular flexibility index (Phi) is 2.83. The van der Waals surface area contributed by atoms with Gasteiger partial charge < -0.3 is 5.73 Å². The first-order valence-corrected chi connectivity index (χ1v) is 3.88. The maximum absolute atomic E-state index is 5.47. The normalized spacial score (nSPS) is 9.42. The van der Waals surface area contributed by atoms with E-state index in [1.54, 1.807) is 6.08 Å². The zero-order valence-corrected chi connectivity index (χ0v) is 7.09. The second-order valence-corrected chi connectivity index (χ2v) is 2.63. The van der Waals surface area contributed by atoms with Crippen LogP contribution >= 0.6 is 0 Å². The summed E-state index contributed by atoms with van der Waals surface area (Å²) in [6.07, 6.45) is 1.75. The molecule has 0 atom stereocenters. The Bertz CT molecular complexity index is 282. The molecule has 0 fully saturated rings. The maximum Gasteiger partial charge on any atom is 0.0178 e. The average Bonchev–Trinajstić information content (AvgIpc) is 2.17. The van der Waals surface area contributed by atoms with Crippen LogP contribution < -0.4 is 5.73 Å². The van der Waals surface area contributed by atoms with E-state index in [9.17, 15) is 0 Å². The van der Waals surface area contributed by atoms with E-state index in [2.05, 4.69) is 13.2 Å². The molecule has 0 bridgehead atoms. The maximum atomic E-state index is 5.47. The van der Waals surface area contributed by atoms with Gasteiger partial charge >= 0.3 is 0 Å². The highest BCUT2D eigenvalue weighted by atomic mass is 14.5. The lowest BCUT2D eigenvalue weighted by atomic mass is 10.1. The van der Waals surface area contributed by atoms with Crippen LogP contribution in [0.4, 0.5) is 0 Å². The van der Waals surface area contributed by atoms with Gasteiger partial charge in [-0.05, 0) is 16.7 Å². The lowest BCUT2D eigenvalue weighted by molar-refractivity contribution is 1.07. The molecule has 1 aromatic rings. The molecule has 0 aliphatic rings. The van der Waals surface area contributed by atoms with Crippen LogP contribution in [0.2, 0.25) is 0 Å². The van der Waals surface area contributed by atoms with Crippen molar-refractivity contribution in [1.82, 2.24) is 0 Å². The van der Waals surface area contributed by atoms with Crippen molar-refractivity contribution in [2.24, 2.45) is 5.73 Å². The largest absolute Gasteiger partial charge is 0.326 e. The van der Waals surface area contributed by atoms with E-state index in [1.807, 2.05) is 24.3 Å². The number of hydrogen-bond acceptors (Lipinski definition) is 1. The molecule has 62 valence electrons. The van der Waals surface area contributed by atoms with E-state index in [1.165, 1.54) is 0 Å². The van der Waals surface area contributed by atoms with Crippen molar-refractivity contribution in [3.8, 4) is 0 Å². The Hall–Kier alpha value is -1.34. The van der Waals surface area contributed by atoms with Crippen molar-refractivity contribution in [2.75, 3.05) is 0 Å². The lowest BCUT2D eigenvalue weighted by Gasteiger charge is -2.01. The highest BCUT2D eigenvalue weighted by Crippen LogP contribution is 2.13. The minimum atomic E-state index is 0.584. The second kappa shape index (κ2) is 3.88. The summed E-state index contributed by atoms with van der Waals surface area (Å²) >= 11 is 0. The summed E-state index contributed by atoms with van der Waals surface area (Å²) in [5, 5.41) is 0. The van der Waals surface area contributed by atoms with Gasteiger partial charge in [-0.2, -0.15) is 0 Å². The molecule has 0 aliphatic carbocycles. The van der Waals surface area contributed by atoms with E-state index < -0.39 is 0 Å². The summed E-state index contributed by atoms with van der Waals surface area (Å²) in [7, 11) is 0. The minimum Gasteiger partial charge on any atom is -0.326 e. The summed E-state index contributed by atoms with van der Waals surface area (Å²) in [5.41, 5.74) is 8.64. The molecule has 0 heterocycles. The summed E-state index contributed by atoms with van der Waals surface area (Å²) < 4.78 is 0. The van der Waals surface area contributed by atoms with Gasteiger partial charge in [0, 0.05) is 6.54 Å². The first-order valence-electron chi connectivity index (χ1n) is 3.88. The molecule has 0 saturated heterocycles. The number of benzene rings is 1. The van der Waals surface area contributed by atoms with E-state index in [-0.39, 0.29) is 0 Å². The van der Waals surface area contributed by atoms with Gasteiger partial charge in [-0.15, -0.1) is 0 Å². The van der Waals surface area contributed by atoms with Crippen LogP contribution in [0.15, 0.2) is 43.5 Å². The molecule has 0 amide bonds. The van der Waals surface area contributed by atoms with Gasteiger partial charge in [0.1, 0.15) is 0 Å². The fourth-order valence-corrected chi connectivity index (χ4v) is 0.973. The lowest BCUT2D eigenvalue weighted by Crippen LogP contribution is -1.95. The van der Waals surface area contributed by atoms with Crippen molar-refractivity contribution in [3.63, 3.8) is 0 Å². The third-order valence-corrected chi connectivity index (χ3v) is 1.81. The van der Waals surface area contributed by atoms with Gasteiger partial charge in [-0.1, -0.05) is 43.5 Å². The predicted molar refractivity (Wildman–Crippen MR) is 53.6 cm³/mol. The molecule has 0 aromatic heterocycles. The summed E-state index contributed by atoms with van der Waals surface area (Å²) in [6.45, 7) is 8.09. The number of allylic oxidation sites excluding steroid dienone is 2. The van der Waals surface area contributed by atoms with Crippen molar-refractivity contribution in [1.29, 1.82) is 0 Å². The Morgan fingerprint density at radius 2 is 1.92 bits per heavy atom. The SMILES string of the molecule is C=CC(=C)c1ccc(CN)cc1. The Balaban J connectivity index is 2.91. The van der Waals surface area contributed by atoms with Crippen molar-refractivity contribution >= 4 is 5.57 Å². The smallest absolute Gasteiger partial charge is 0.0178 e. The monoisotopic (exact) mass is 159 g/mol.